The average molecular weight is 815 g/mol. The number of rotatable bonds is 10. The number of anilines is 4. The minimum Gasteiger partial charge on any atom is -0.862 e. The largest absolute Gasteiger partial charge is 1.00 e. The number of halogens is 1. The predicted octanol–water partition coefficient (Wildman–Crippen LogP) is -4.94. The maximum absolute atomic E-state index is 12.4. The summed E-state index contributed by atoms with van der Waals surface area (Å²) in [6.45, 7) is 1.16. The van der Waals surface area contributed by atoms with E-state index in [1.165, 1.54) is 36.4 Å². The van der Waals surface area contributed by atoms with Crippen molar-refractivity contribution in [2.45, 2.75) is 21.6 Å². The summed E-state index contributed by atoms with van der Waals surface area (Å²) in [6, 6.07) is 14.4. The van der Waals surface area contributed by atoms with E-state index < -0.39 is 56.6 Å². The molecule has 52 heavy (non-hydrogen) atoms. The Bertz CT molecular complexity index is 2530. The summed E-state index contributed by atoms with van der Waals surface area (Å²) in [5.74, 6) is -0.795. The monoisotopic (exact) mass is 814 g/mol. The summed E-state index contributed by atoms with van der Waals surface area (Å²) < 4.78 is 103. The second-order valence-electron chi connectivity index (χ2n) is 9.71. The van der Waals surface area contributed by atoms with Crippen LogP contribution in [0, 0.1) is 0 Å². The molecule has 0 spiro atoms. The van der Waals surface area contributed by atoms with Crippen molar-refractivity contribution in [3.63, 3.8) is 0 Å². The molecule has 4 aromatic carbocycles. The van der Waals surface area contributed by atoms with Crippen LogP contribution in [0.1, 0.15) is 6.92 Å². The van der Waals surface area contributed by atoms with Gasteiger partial charge in [-0.2, -0.15) is 23.4 Å². The van der Waals surface area contributed by atoms with Gasteiger partial charge in [0, 0.05) is 22.1 Å². The summed E-state index contributed by atoms with van der Waals surface area (Å²) in [7, 11) is -14.7. The summed E-state index contributed by atoms with van der Waals surface area (Å²) in [6.07, 6.45) is 0. The minimum atomic E-state index is -5.04. The molecule has 25 heteroatoms. The first kappa shape index (κ1) is 46.0. The molecule has 0 radical (unpaired) electrons. The van der Waals surface area contributed by atoms with E-state index in [0.717, 1.165) is 43.3 Å². The number of nitrogens with one attached hydrogen (secondary N) is 2. The quantitative estimate of drug-likeness (QED) is 0.0391. The van der Waals surface area contributed by atoms with Crippen LogP contribution in [0.5, 0.6) is 0 Å². The van der Waals surface area contributed by atoms with E-state index in [1.807, 2.05) is 0 Å². The van der Waals surface area contributed by atoms with Gasteiger partial charge in [-0.25, -0.2) is 16.8 Å². The van der Waals surface area contributed by atoms with E-state index in [4.69, 9.17) is 11.6 Å². The Labute approximate surface area is 367 Å². The van der Waals surface area contributed by atoms with Crippen molar-refractivity contribution in [2.75, 3.05) is 10.6 Å². The van der Waals surface area contributed by atoms with Gasteiger partial charge in [0.25, 0.3) is 10.1 Å². The summed E-state index contributed by atoms with van der Waals surface area (Å²) in [5, 5.41) is 24.6. The normalized spacial score (nSPS) is 12.1. The molecule has 0 amide bonds. The van der Waals surface area contributed by atoms with Crippen LogP contribution in [0.2, 0.25) is 5.28 Å². The number of benzene rings is 4. The second-order valence-corrected chi connectivity index (χ2v) is 14.1. The van der Waals surface area contributed by atoms with Crippen LogP contribution >= 0.6 is 11.6 Å². The third kappa shape index (κ3) is 11.7. The molecule has 0 aliphatic heterocycles. The molecule has 3 N–H and O–H groups in total. The van der Waals surface area contributed by atoms with E-state index in [1.54, 1.807) is 0 Å². The van der Waals surface area contributed by atoms with Crippen LogP contribution in [0.4, 0.5) is 40.3 Å². The van der Waals surface area contributed by atoms with Crippen LogP contribution < -0.4 is 104 Å². The Morgan fingerprint density at radius 1 is 0.712 bits per heavy atom. The molecule has 0 aliphatic rings. The number of hydrogen-bond donors (Lipinski definition) is 3. The Kier molecular flexibility index (Phi) is 16.3. The number of hydrogen-bond acceptors (Lipinski definition) is 17. The van der Waals surface area contributed by atoms with Crippen molar-refractivity contribution >= 4 is 99.0 Å². The Hall–Kier alpha value is -2.16. The molecule has 0 aliphatic carbocycles. The number of fused-ring (bicyclic) bond motifs is 1. The third-order valence-corrected chi connectivity index (χ3v) is 9.12. The molecule has 5 rings (SSSR count). The van der Waals surface area contributed by atoms with Crippen molar-refractivity contribution in [1.82, 2.24) is 15.0 Å². The van der Waals surface area contributed by atoms with Gasteiger partial charge in [-0.1, -0.05) is 18.2 Å². The number of nitrogens with zero attached hydrogens (tertiary/aromatic N) is 6. The van der Waals surface area contributed by atoms with Crippen molar-refractivity contribution in [3.05, 3.63) is 78.1 Å². The first-order valence-electron chi connectivity index (χ1n) is 13.2. The topological polar surface area (TPSA) is 292 Å². The van der Waals surface area contributed by atoms with Gasteiger partial charge in [-0.15, -0.1) is 10.2 Å². The van der Waals surface area contributed by atoms with E-state index in [-0.39, 0.29) is 134 Å². The van der Waals surface area contributed by atoms with Gasteiger partial charge in [-0.05, 0) is 79.0 Å². The molecule has 0 unspecified atom stereocenters. The van der Waals surface area contributed by atoms with Gasteiger partial charge < -0.3 is 24.8 Å². The zero-order valence-corrected chi connectivity index (χ0v) is 36.5. The first-order chi connectivity index (χ1) is 22.9. The van der Waals surface area contributed by atoms with Gasteiger partial charge >= 0.3 is 88.7 Å². The minimum absolute atomic E-state index is 0. The molecule has 0 atom stereocenters. The molecule has 0 bridgehead atoms. The average Bonchev–Trinajstić information content (AvgIpc) is 2.98. The van der Waals surface area contributed by atoms with Crippen molar-refractivity contribution < 1.29 is 133 Å². The van der Waals surface area contributed by atoms with Gasteiger partial charge in [0.2, 0.25) is 17.2 Å². The van der Waals surface area contributed by atoms with Crippen LogP contribution in [0.3, 0.4) is 0 Å². The van der Waals surface area contributed by atoms with Gasteiger partial charge in [0.15, 0.2) is 0 Å². The molecule has 1 heterocycles. The van der Waals surface area contributed by atoms with E-state index >= 15 is 0 Å². The molecule has 0 saturated heterocycles. The van der Waals surface area contributed by atoms with E-state index in [2.05, 4.69) is 40.8 Å². The van der Waals surface area contributed by atoms with Crippen LogP contribution in [0.25, 0.3) is 10.8 Å². The Morgan fingerprint density at radius 2 is 1.27 bits per heavy atom. The van der Waals surface area contributed by atoms with E-state index in [0.29, 0.717) is 5.69 Å². The van der Waals surface area contributed by atoms with Crippen LogP contribution in [-0.2, 0) is 30.4 Å². The predicted molar refractivity (Wildman–Crippen MR) is 171 cm³/mol. The number of azo groups is 1. The van der Waals surface area contributed by atoms with E-state index in [9.17, 15) is 44.0 Å². The van der Waals surface area contributed by atoms with Crippen LogP contribution in [0.15, 0.2) is 103 Å². The third-order valence-electron chi connectivity index (χ3n) is 6.26. The number of aromatic nitrogens is 3. The van der Waals surface area contributed by atoms with Crippen LogP contribution in [-0.4, -0.2) is 59.8 Å². The Balaban J connectivity index is 0.00000312. The second kappa shape index (κ2) is 18.4. The maximum atomic E-state index is 12.4. The molecule has 18 nitrogen and oxygen atoms in total. The molecule has 254 valence electrons. The SMILES string of the molecule is CC([O-])=Nc1cc(Nc2nc(Cl)nc(Nc3ccc(S(=O)(=O)[O-])cc3)n2)ccc1N=Nc1ccc2c(S(=O)(=O)[O-])cccc2c1S(=O)(=O)O.[Na+].[Na+].[Na+]. The number of aliphatic imine (C=N–C) groups is 1. The van der Waals surface area contributed by atoms with Crippen molar-refractivity contribution in [1.29, 1.82) is 0 Å². The summed E-state index contributed by atoms with van der Waals surface area (Å²) in [4.78, 5) is 14.0. The molecular formula is C27H18ClN8Na3O10S3. The maximum Gasteiger partial charge on any atom is 1.00 e. The molecule has 0 saturated carbocycles. The van der Waals surface area contributed by atoms with Crippen molar-refractivity contribution in [2.24, 2.45) is 15.2 Å². The molecular weight excluding hydrogens is 797 g/mol. The molecule has 0 fully saturated rings. The van der Waals surface area contributed by atoms with Gasteiger partial charge in [0.05, 0.1) is 15.5 Å². The fraction of sp³-hybridized carbons (Fsp3) is 0.0370. The van der Waals surface area contributed by atoms with Gasteiger partial charge in [-0.3, -0.25) is 9.55 Å². The molecule has 5 aromatic rings. The summed E-state index contributed by atoms with van der Waals surface area (Å²) >= 11 is 6.05. The fourth-order valence-corrected chi connectivity index (χ4v) is 6.49. The first-order valence-corrected chi connectivity index (χ1v) is 17.8. The van der Waals surface area contributed by atoms with Gasteiger partial charge in [0.1, 0.15) is 36.5 Å². The Morgan fingerprint density at radius 3 is 1.83 bits per heavy atom. The van der Waals surface area contributed by atoms with Crippen molar-refractivity contribution in [3.8, 4) is 0 Å². The standard InChI is InChI=1S/C27H21ClN8O10S3.3Na/c1-14(37)29-22-13-16(31-27-33-25(28)32-26(34-27)30-15-5-8-17(9-6-15)47(38,39)40)7-11-20(22)35-36-21-12-10-18-19(24(21)49(44,45)46)3-2-4-23(18)48(41,42)43;;;/h2-13H,1H3,(H,29,37)(H,38,39,40)(H,41,42,43)(H,44,45,46)(H2,30,31,32,33,34);;;/q;3*+1/p-3. The zero-order chi connectivity index (χ0) is 35.7. The molecule has 1 aromatic heterocycles. The zero-order valence-electron chi connectivity index (χ0n) is 27.3. The smallest absolute Gasteiger partial charge is 0.862 e. The fourth-order valence-electron chi connectivity index (χ4n) is 4.34. The summed E-state index contributed by atoms with van der Waals surface area (Å²) in [5.41, 5.74) is 0.0560.